The van der Waals surface area contributed by atoms with E-state index in [0.717, 1.165) is 51.3 Å². The van der Waals surface area contributed by atoms with E-state index in [4.69, 9.17) is 24.8 Å². The van der Waals surface area contributed by atoms with Gasteiger partial charge in [-0.3, -0.25) is 4.90 Å². The first-order chi connectivity index (χ1) is 19.9. The lowest BCUT2D eigenvalue weighted by atomic mass is 10.2. The molecule has 0 saturated carbocycles. The Morgan fingerprint density at radius 2 is 1.37 bits per heavy atom. The number of nitrogens with zero attached hydrogens (tertiary/aromatic N) is 6. The van der Waals surface area contributed by atoms with Crippen LogP contribution in [0.5, 0.6) is 0 Å². The molecule has 2 saturated heterocycles. The summed E-state index contributed by atoms with van der Waals surface area (Å²) in [6, 6.07) is 13.4. The molecule has 0 radical (unpaired) electrons. The molecule has 3 aromatic rings. The summed E-state index contributed by atoms with van der Waals surface area (Å²) in [6.07, 6.45) is 1.04. The van der Waals surface area contributed by atoms with E-state index in [2.05, 4.69) is 39.2 Å². The summed E-state index contributed by atoms with van der Waals surface area (Å²) >= 11 is 0. The molecular formula is C29H36N8O4. The summed E-state index contributed by atoms with van der Waals surface area (Å²) in [5.41, 5.74) is 2.05. The van der Waals surface area contributed by atoms with E-state index in [9.17, 15) is 9.59 Å². The van der Waals surface area contributed by atoms with E-state index in [1.165, 1.54) is 12.1 Å². The van der Waals surface area contributed by atoms with Crippen LogP contribution in [-0.4, -0.2) is 95.5 Å². The Labute approximate surface area is 239 Å². The van der Waals surface area contributed by atoms with Gasteiger partial charge in [-0.25, -0.2) is 9.59 Å². The quantitative estimate of drug-likeness (QED) is 0.393. The number of carbonyl (C=O) groups excluding carboxylic acids is 1. The first-order valence-electron chi connectivity index (χ1n) is 14.0. The van der Waals surface area contributed by atoms with Gasteiger partial charge in [0.1, 0.15) is 0 Å². The molecule has 216 valence electrons. The molecule has 0 spiro atoms. The van der Waals surface area contributed by atoms with Crippen molar-refractivity contribution in [3.05, 3.63) is 54.1 Å². The van der Waals surface area contributed by atoms with Crippen molar-refractivity contribution in [3.63, 3.8) is 0 Å². The largest absolute Gasteiger partial charge is 0.478 e. The van der Waals surface area contributed by atoms with Crippen LogP contribution in [-0.2, 0) is 4.74 Å². The minimum absolute atomic E-state index is 0.151. The highest BCUT2D eigenvalue weighted by Gasteiger charge is 2.23. The lowest BCUT2D eigenvalue weighted by Crippen LogP contribution is -2.38. The second-order valence-corrected chi connectivity index (χ2v) is 10.4. The van der Waals surface area contributed by atoms with Crippen molar-refractivity contribution in [3.8, 4) is 11.4 Å². The second-order valence-electron chi connectivity index (χ2n) is 10.4. The zero-order chi connectivity index (χ0) is 28.8. The minimum atomic E-state index is -1.02. The van der Waals surface area contributed by atoms with Gasteiger partial charge in [-0.05, 0) is 68.8 Å². The molecule has 0 unspecified atom stereocenters. The lowest BCUT2D eigenvalue weighted by molar-refractivity contribution is 0.0697. The number of anilines is 4. The topological polar surface area (TPSA) is 136 Å². The number of ether oxygens (including phenoxy) is 1. The van der Waals surface area contributed by atoms with Crippen LogP contribution in [0.3, 0.4) is 0 Å². The summed E-state index contributed by atoms with van der Waals surface area (Å²) in [5, 5.41) is 14.5. The number of morpholine rings is 1. The Hall–Kier alpha value is -4.29. The summed E-state index contributed by atoms with van der Waals surface area (Å²) in [4.78, 5) is 45.0. The van der Waals surface area contributed by atoms with E-state index in [1.807, 2.05) is 12.1 Å². The van der Waals surface area contributed by atoms with Crippen molar-refractivity contribution >= 4 is 35.3 Å². The first kappa shape index (κ1) is 28.2. The number of carboxylic acids is 1. The zero-order valence-corrected chi connectivity index (χ0v) is 23.4. The molecule has 2 aromatic carbocycles. The van der Waals surface area contributed by atoms with Crippen LogP contribution in [0, 0.1) is 0 Å². The van der Waals surface area contributed by atoms with Crippen LogP contribution in [0.1, 0.15) is 30.6 Å². The summed E-state index contributed by atoms with van der Waals surface area (Å²) < 4.78 is 5.54. The Bertz CT molecular complexity index is 1340. The number of amides is 2. The highest BCUT2D eigenvalue weighted by molar-refractivity contribution is 6.00. The smallest absolute Gasteiger partial charge is 0.335 e. The molecule has 5 rings (SSSR count). The van der Waals surface area contributed by atoms with Crippen molar-refractivity contribution in [2.75, 3.05) is 72.9 Å². The highest BCUT2D eigenvalue weighted by atomic mass is 16.5. The number of rotatable bonds is 7. The number of aromatic carboxylic acids is 1. The first-order valence-corrected chi connectivity index (χ1v) is 14.0. The summed E-state index contributed by atoms with van der Waals surface area (Å²) in [5.74, 6) is 0.884. The van der Waals surface area contributed by atoms with Crippen molar-refractivity contribution in [2.24, 2.45) is 0 Å². The molecule has 3 heterocycles. The lowest BCUT2D eigenvalue weighted by Gasteiger charge is -2.28. The van der Waals surface area contributed by atoms with Gasteiger partial charge >= 0.3 is 12.0 Å². The summed E-state index contributed by atoms with van der Waals surface area (Å²) in [7, 11) is 0. The fraction of sp³-hybridized carbons (Fsp3) is 0.414. The number of hydrogen-bond acceptors (Lipinski definition) is 9. The number of aromatic nitrogens is 3. The molecule has 0 aliphatic carbocycles. The van der Waals surface area contributed by atoms with E-state index in [0.29, 0.717) is 48.4 Å². The van der Waals surface area contributed by atoms with Gasteiger partial charge in [0.25, 0.3) is 0 Å². The molecule has 41 heavy (non-hydrogen) atoms. The average Bonchev–Trinajstić information content (AvgIpc) is 3.25. The van der Waals surface area contributed by atoms with Gasteiger partial charge in [0, 0.05) is 62.2 Å². The maximum Gasteiger partial charge on any atom is 0.335 e. The van der Waals surface area contributed by atoms with Gasteiger partial charge in [0.05, 0.1) is 18.8 Å². The number of urea groups is 1. The third-order valence-electron chi connectivity index (χ3n) is 7.24. The zero-order valence-electron chi connectivity index (χ0n) is 23.4. The Morgan fingerprint density at radius 1 is 0.780 bits per heavy atom. The van der Waals surface area contributed by atoms with Gasteiger partial charge in [0.15, 0.2) is 5.82 Å². The van der Waals surface area contributed by atoms with Crippen molar-refractivity contribution in [1.82, 2.24) is 19.9 Å². The predicted octanol–water partition coefficient (Wildman–Crippen LogP) is 3.64. The number of carboxylic acid groups (broad SMARTS) is 1. The SMILES string of the molecule is CC(C)N1CCCN(c2nc(-c3ccc(NC(=O)Nc4ccc(C(=O)O)cc4)cc3)nc(N3CCOCC3)n2)CC1. The van der Waals surface area contributed by atoms with Crippen molar-refractivity contribution in [1.29, 1.82) is 0 Å². The highest BCUT2D eigenvalue weighted by Crippen LogP contribution is 2.24. The second kappa shape index (κ2) is 12.9. The Morgan fingerprint density at radius 3 is 1.95 bits per heavy atom. The van der Waals surface area contributed by atoms with Crippen LogP contribution in [0.25, 0.3) is 11.4 Å². The fourth-order valence-electron chi connectivity index (χ4n) is 4.88. The third kappa shape index (κ3) is 7.27. The van der Waals surface area contributed by atoms with Crippen molar-refractivity contribution < 1.29 is 19.4 Å². The molecule has 2 aliphatic heterocycles. The van der Waals surface area contributed by atoms with Gasteiger partial charge in [-0.1, -0.05) is 0 Å². The Kier molecular flexibility index (Phi) is 8.90. The van der Waals surface area contributed by atoms with E-state index in [-0.39, 0.29) is 5.56 Å². The van der Waals surface area contributed by atoms with E-state index < -0.39 is 12.0 Å². The van der Waals surface area contributed by atoms with Crippen LogP contribution < -0.4 is 20.4 Å². The number of nitrogens with one attached hydrogen (secondary N) is 2. The monoisotopic (exact) mass is 560 g/mol. The van der Waals surface area contributed by atoms with Gasteiger partial charge < -0.3 is 30.3 Å². The molecule has 1 aromatic heterocycles. The van der Waals surface area contributed by atoms with Crippen LogP contribution >= 0.6 is 0 Å². The van der Waals surface area contributed by atoms with Crippen LogP contribution in [0.2, 0.25) is 0 Å². The van der Waals surface area contributed by atoms with Crippen molar-refractivity contribution in [2.45, 2.75) is 26.3 Å². The number of benzene rings is 2. The maximum atomic E-state index is 12.5. The molecule has 12 heteroatoms. The van der Waals surface area contributed by atoms with Gasteiger partial charge in [-0.2, -0.15) is 15.0 Å². The van der Waals surface area contributed by atoms with Crippen LogP contribution in [0.15, 0.2) is 48.5 Å². The molecule has 2 aliphatic rings. The average molecular weight is 561 g/mol. The van der Waals surface area contributed by atoms with E-state index in [1.54, 1.807) is 24.3 Å². The molecule has 0 atom stereocenters. The van der Waals surface area contributed by atoms with Gasteiger partial charge in [-0.15, -0.1) is 0 Å². The minimum Gasteiger partial charge on any atom is -0.478 e. The maximum absolute atomic E-state index is 12.5. The molecular weight excluding hydrogens is 524 g/mol. The third-order valence-corrected chi connectivity index (χ3v) is 7.24. The van der Waals surface area contributed by atoms with Gasteiger partial charge in [0.2, 0.25) is 11.9 Å². The van der Waals surface area contributed by atoms with E-state index >= 15 is 0 Å². The fourth-order valence-corrected chi connectivity index (χ4v) is 4.88. The molecule has 2 fully saturated rings. The Balaban J connectivity index is 1.32. The molecule has 3 N–H and O–H groups in total. The normalized spacial score (nSPS) is 16.4. The molecule has 0 bridgehead atoms. The standard InChI is InChI=1S/C29H36N8O4/c1-20(2)35-12-3-13-36(15-14-35)27-32-25(33-28(34-27)37-16-18-41-19-17-37)21-4-8-23(9-5-21)30-29(40)31-24-10-6-22(7-11-24)26(38)39/h4-11,20H,3,12-19H2,1-2H3,(H,38,39)(H2,30,31,40). The number of hydrogen-bond donors (Lipinski definition) is 3. The van der Waals surface area contributed by atoms with Crippen LogP contribution in [0.4, 0.5) is 28.1 Å². The molecule has 12 nitrogen and oxygen atoms in total. The molecule has 2 amide bonds. The summed E-state index contributed by atoms with van der Waals surface area (Å²) in [6.45, 7) is 10.9. The number of carbonyl (C=O) groups is 2. The predicted molar refractivity (Wildman–Crippen MR) is 158 cm³/mol.